The van der Waals surface area contributed by atoms with Crippen LogP contribution in [-0.4, -0.2) is 49.2 Å². The molecule has 0 aromatic rings. The third kappa shape index (κ3) is 9.71. The van der Waals surface area contributed by atoms with E-state index in [1.807, 2.05) is 21.1 Å². The fourth-order valence-corrected chi connectivity index (χ4v) is 1.18. The molecule has 3 nitrogen and oxygen atoms in total. The largest absolute Gasteiger partial charge is 1.00 e. The molecule has 0 aliphatic rings. The molecule has 0 radical (unpaired) electrons. The zero-order valence-electron chi connectivity index (χ0n) is 9.33. The van der Waals surface area contributed by atoms with Gasteiger partial charge in [-0.3, -0.25) is 4.79 Å². The third-order valence-corrected chi connectivity index (χ3v) is 1.55. The van der Waals surface area contributed by atoms with E-state index in [0.717, 1.165) is 0 Å². The zero-order valence-corrected chi connectivity index (χ0v) is 10.1. The van der Waals surface area contributed by atoms with Crippen molar-refractivity contribution in [2.45, 2.75) is 19.4 Å². The fourth-order valence-electron chi connectivity index (χ4n) is 1.18. The SMILES string of the molecule is CC=CC(=O)CC(O)C[N+](C)(C)C.[Cl-]. The van der Waals surface area contributed by atoms with Crippen LogP contribution in [0.3, 0.4) is 0 Å². The summed E-state index contributed by atoms with van der Waals surface area (Å²) in [5.74, 6) is -0.0107. The molecule has 1 atom stereocenters. The van der Waals surface area contributed by atoms with Crippen molar-refractivity contribution in [2.75, 3.05) is 27.7 Å². The number of ketones is 1. The Kier molecular flexibility index (Phi) is 8.01. The van der Waals surface area contributed by atoms with Crippen LogP contribution in [0.2, 0.25) is 0 Å². The highest BCUT2D eigenvalue weighted by molar-refractivity contribution is 5.89. The lowest BCUT2D eigenvalue weighted by Crippen LogP contribution is -3.00. The van der Waals surface area contributed by atoms with Gasteiger partial charge in [0.05, 0.1) is 21.1 Å². The Morgan fingerprint density at radius 3 is 2.29 bits per heavy atom. The lowest BCUT2D eigenvalue weighted by Gasteiger charge is -2.26. The van der Waals surface area contributed by atoms with Crippen molar-refractivity contribution in [2.24, 2.45) is 0 Å². The Bertz CT molecular complexity index is 197. The number of carbonyl (C=O) groups excluding carboxylic acids is 1. The maximum Gasteiger partial charge on any atom is 0.158 e. The molecule has 1 N–H and O–H groups in total. The third-order valence-electron chi connectivity index (χ3n) is 1.55. The molecular formula is C10H20ClNO2. The highest BCUT2D eigenvalue weighted by atomic mass is 35.5. The molecule has 0 aliphatic heterocycles. The number of likely N-dealkylation sites (N-methyl/N-ethyl adjacent to an activating group) is 1. The summed E-state index contributed by atoms with van der Waals surface area (Å²) in [7, 11) is 5.97. The fraction of sp³-hybridized carbons (Fsp3) is 0.700. The molecule has 1 unspecified atom stereocenters. The smallest absolute Gasteiger partial charge is 0.158 e. The lowest BCUT2D eigenvalue weighted by molar-refractivity contribution is -0.873. The predicted molar refractivity (Wildman–Crippen MR) is 53.3 cm³/mol. The van der Waals surface area contributed by atoms with Crippen molar-refractivity contribution < 1.29 is 26.8 Å². The first-order valence-electron chi connectivity index (χ1n) is 4.49. The van der Waals surface area contributed by atoms with Crippen molar-refractivity contribution in [1.29, 1.82) is 0 Å². The molecule has 14 heavy (non-hydrogen) atoms. The van der Waals surface area contributed by atoms with Gasteiger partial charge in [0.2, 0.25) is 0 Å². The Balaban J connectivity index is 0. The minimum absolute atomic E-state index is 0. The number of halogens is 1. The van der Waals surface area contributed by atoms with Gasteiger partial charge in [0.15, 0.2) is 5.78 Å². The van der Waals surface area contributed by atoms with Gasteiger partial charge in [0.25, 0.3) is 0 Å². The van der Waals surface area contributed by atoms with E-state index in [2.05, 4.69) is 0 Å². The summed E-state index contributed by atoms with van der Waals surface area (Å²) in [6, 6.07) is 0. The first-order valence-corrected chi connectivity index (χ1v) is 4.49. The summed E-state index contributed by atoms with van der Waals surface area (Å²) >= 11 is 0. The summed E-state index contributed by atoms with van der Waals surface area (Å²) in [5.41, 5.74) is 0. The molecule has 0 aromatic heterocycles. The highest BCUT2D eigenvalue weighted by Gasteiger charge is 2.17. The second-order valence-electron chi connectivity index (χ2n) is 4.30. The second-order valence-corrected chi connectivity index (χ2v) is 4.30. The summed E-state index contributed by atoms with van der Waals surface area (Å²) in [5, 5.41) is 9.51. The van der Waals surface area contributed by atoms with Crippen LogP contribution in [0.4, 0.5) is 0 Å². The Morgan fingerprint density at radius 1 is 1.43 bits per heavy atom. The molecule has 0 bridgehead atoms. The van der Waals surface area contributed by atoms with Crippen molar-refractivity contribution in [3.05, 3.63) is 12.2 Å². The van der Waals surface area contributed by atoms with Gasteiger partial charge in [0, 0.05) is 6.42 Å². The van der Waals surface area contributed by atoms with Gasteiger partial charge in [0.1, 0.15) is 12.6 Å². The van der Waals surface area contributed by atoms with Crippen molar-refractivity contribution in [3.63, 3.8) is 0 Å². The second kappa shape index (κ2) is 6.98. The molecule has 0 spiro atoms. The Labute approximate surface area is 92.4 Å². The standard InChI is InChI=1S/C10H20NO2.ClH/c1-5-6-9(12)7-10(13)8-11(2,3)4;/h5-6,10,13H,7-8H2,1-4H3;1H/q+1;/p-1. The van der Waals surface area contributed by atoms with Crippen LogP contribution in [0.15, 0.2) is 12.2 Å². The number of nitrogens with zero attached hydrogens (tertiary/aromatic N) is 1. The van der Waals surface area contributed by atoms with Gasteiger partial charge in [-0.25, -0.2) is 0 Å². The van der Waals surface area contributed by atoms with Crippen LogP contribution >= 0.6 is 0 Å². The van der Waals surface area contributed by atoms with E-state index in [4.69, 9.17) is 0 Å². The minimum Gasteiger partial charge on any atom is -1.00 e. The van der Waals surface area contributed by atoms with E-state index < -0.39 is 6.10 Å². The lowest BCUT2D eigenvalue weighted by atomic mass is 10.1. The summed E-state index contributed by atoms with van der Waals surface area (Å²) in [6.07, 6.45) is 2.88. The molecule has 0 aromatic carbocycles. The number of aliphatic hydroxyl groups is 1. The van der Waals surface area contributed by atoms with Gasteiger partial charge >= 0.3 is 0 Å². The van der Waals surface area contributed by atoms with E-state index in [1.54, 1.807) is 13.0 Å². The van der Waals surface area contributed by atoms with Gasteiger partial charge in [-0.15, -0.1) is 0 Å². The van der Waals surface area contributed by atoms with Crippen LogP contribution in [0.5, 0.6) is 0 Å². The van der Waals surface area contributed by atoms with Gasteiger partial charge < -0.3 is 22.0 Å². The molecule has 0 saturated carbocycles. The number of carbonyl (C=O) groups is 1. The maximum atomic E-state index is 11.1. The predicted octanol–water partition coefficient (Wildman–Crippen LogP) is -2.41. The number of hydrogen-bond donors (Lipinski definition) is 1. The maximum absolute atomic E-state index is 11.1. The average Bonchev–Trinajstić information content (AvgIpc) is 1.81. The van der Waals surface area contributed by atoms with Crippen LogP contribution in [-0.2, 0) is 4.79 Å². The molecule has 0 aliphatic carbocycles. The quantitative estimate of drug-likeness (QED) is 0.415. The molecule has 0 fully saturated rings. The van der Waals surface area contributed by atoms with Crippen LogP contribution in [0.25, 0.3) is 0 Å². The monoisotopic (exact) mass is 221 g/mol. The topological polar surface area (TPSA) is 37.3 Å². The molecule has 0 amide bonds. The Hall–Kier alpha value is -0.380. The van der Waals surface area contributed by atoms with Crippen LogP contribution < -0.4 is 12.4 Å². The van der Waals surface area contributed by atoms with Crippen molar-refractivity contribution >= 4 is 5.78 Å². The van der Waals surface area contributed by atoms with E-state index in [-0.39, 0.29) is 24.6 Å². The van der Waals surface area contributed by atoms with Crippen LogP contribution in [0.1, 0.15) is 13.3 Å². The summed E-state index contributed by atoms with van der Waals surface area (Å²) < 4.78 is 0.671. The number of aliphatic hydroxyl groups excluding tert-OH is 1. The average molecular weight is 222 g/mol. The molecule has 0 saturated heterocycles. The van der Waals surface area contributed by atoms with E-state index in [0.29, 0.717) is 11.0 Å². The first-order chi connectivity index (χ1) is 5.85. The number of quaternary nitrogens is 1. The van der Waals surface area contributed by atoms with Gasteiger partial charge in [-0.05, 0) is 13.0 Å². The first kappa shape index (κ1) is 16.1. The highest BCUT2D eigenvalue weighted by Crippen LogP contribution is 2.00. The Morgan fingerprint density at radius 2 is 1.93 bits per heavy atom. The minimum atomic E-state index is -0.538. The molecule has 4 heteroatoms. The molecule has 0 rings (SSSR count). The van der Waals surface area contributed by atoms with E-state index in [9.17, 15) is 9.90 Å². The van der Waals surface area contributed by atoms with Gasteiger partial charge in [-0.1, -0.05) is 6.08 Å². The zero-order chi connectivity index (χ0) is 10.5. The molecule has 84 valence electrons. The number of hydrogen-bond acceptors (Lipinski definition) is 2. The summed E-state index contributed by atoms with van der Waals surface area (Å²) in [6.45, 7) is 2.40. The normalized spacial score (nSPS) is 13.8. The van der Waals surface area contributed by atoms with Gasteiger partial charge in [-0.2, -0.15) is 0 Å². The molecular weight excluding hydrogens is 202 g/mol. The van der Waals surface area contributed by atoms with E-state index in [1.165, 1.54) is 6.08 Å². The van der Waals surface area contributed by atoms with Crippen molar-refractivity contribution in [3.8, 4) is 0 Å². The number of rotatable bonds is 5. The summed E-state index contributed by atoms with van der Waals surface area (Å²) in [4.78, 5) is 11.1. The number of allylic oxidation sites excluding steroid dienone is 2. The van der Waals surface area contributed by atoms with Crippen molar-refractivity contribution in [1.82, 2.24) is 0 Å². The van der Waals surface area contributed by atoms with E-state index >= 15 is 0 Å². The van der Waals surface area contributed by atoms with Crippen LogP contribution in [0, 0.1) is 0 Å². The molecule has 0 heterocycles.